The molecular weight excluding hydrogens is 352 g/mol. The lowest BCUT2D eigenvalue weighted by Gasteiger charge is -2.30. The molecule has 3 aromatic rings. The molecule has 144 valence electrons. The Morgan fingerprint density at radius 3 is 2.64 bits per heavy atom. The Hall–Kier alpha value is -3.19. The van der Waals surface area contributed by atoms with Gasteiger partial charge in [0.05, 0.1) is 30.8 Å². The SMILES string of the molecule is Cc1ccc(C)c(Nc2nncc(Nc3ccccc3N3CCOCC3)n2)c1. The van der Waals surface area contributed by atoms with Gasteiger partial charge in [0.2, 0.25) is 5.95 Å². The lowest BCUT2D eigenvalue weighted by molar-refractivity contribution is 0.123. The highest BCUT2D eigenvalue weighted by atomic mass is 16.5. The minimum Gasteiger partial charge on any atom is -0.378 e. The second-order valence-corrected chi connectivity index (χ2v) is 6.85. The summed E-state index contributed by atoms with van der Waals surface area (Å²) in [5.74, 6) is 1.10. The molecule has 2 heterocycles. The standard InChI is InChI=1S/C21H24N6O/c1-15-7-8-16(2)18(13-15)24-21-25-20(14-22-26-21)23-17-5-3-4-6-19(17)27-9-11-28-12-10-27/h3-8,13-14H,9-12H2,1-2H3,(H2,23,24,25,26). The van der Waals surface area contributed by atoms with Gasteiger partial charge in [-0.25, -0.2) is 0 Å². The van der Waals surface area contributed by atoms with E-state index in [0.717, 1.165) is 48.9 Å². The van der Waals surface area contributed by atoms with Gasteiger partial charge in [0.1, 0.15) is 0 Å². The van der Waals surface area contributed by atoms with Crippen LogP contribution in [0.3, 0.4) is 0 Å². The molecule has 0 unspecified atom stereocenters. The number of benzene rings is 2. The van der Waals surface area contributed by atoms with Gasteiger partial charge in [0.15, 0.2) is 5.82 Å². The molecule has 0 amide bonds. The minimum absolute atomic E-state index is 0.461. The molecule has 7 heteroatoms. The fourth-order valence-corrected chi connectivity index (χ4v) is 3.21. The summed E-state index contributed by atoms with van der Waals surface area (Å²) in [6, 6.07) is 14.4. The molecule has 0 atom stereocenters. The van der Waals surface area contributed by atoms with Crippen molar-refractivity contribution in [1.29, 1.82) is 0 Å². The smallest absolute Gasteiger partial charge is 0.249 e. The second kappa shape index (κ2) is 8.22. The lowest BCUT2D eigenvalue weighted by atomic mass is 10.1. The number of ether oxygens (including phenoxy) is 1. The minimum atomic E-state index is 0.461. The quantitative estimate of drug-likeness (QED) is 0.701. The molecular formula is C21H24N6O. The molecule has 1 aromatic heterocycles. The molecule has 1 saturated heterocycles. The van der Waals surface area contributed by atoms with E-state index in [1.807, 2.05) is 18.2 Å². The Morgan fingerprint density at radius 1 is 0.964 bits per heavy atom. The lowest BCUT2D eigenvalue weighted by Crippen LogP contribution is -2.36. The zero-order valence-electron chi connectivity index (χ0n) is 16.1. The average molecular weight is 376 g/mol. The Kier molecular flexibility index (Phi) is 5.34. The first-order valence-corrected chi connectivity index (χ1v) is 9.42. The summed E-state index contributed by atoms with van der Waals surface area (Å²) in [7, 11) is 0. The van der Waals surface area contributed by atoms with Crippen molar-refractivity contribution in [3.8, 4) is 0 Å². The van der Waals surface area contributed by atoms with Crippen molar-refractivity contribution in [3.05, 3.63) is 59.8 Å². The van der Waals surface area contributed by atoms with Crippen LogP contribution >= 0.6 is 0 Å². The number of rotatable bonds is 5. The summed E-state index contributed by atoms with van der Waals surface area (Å²) >= 11 is 0. The molecule has 2 aromatic carbocycles. The van der Waals surface area contributed by atoms with Crippen molar-refractivity contribution in [2.45, 2.75) is 13.8 Å². The van der Waals surface area contributed by atoms with E-state index in [4.69, 9.17) is 4.74 Å². The summed E-state index contributed by atoms with van der Waals surface area (Å²) in [6.45, 7) is 7.35. The van der Waals surface area contributed by atoms with Gasteiger partial charge < -0.3 is 20.3 Å². The van der Waals surface area contributed by atoms with Gasteiger partial charge in [-0.15, -0.1) is 5.10 Å². The maximum Gasteiger partial charge on any atom is 0.249 e. The molecule has 0 bridgehead atoms. The largest absolute Gasteiger partial charge is 0.378 e. The van der Waals surface area contributed by atoms with E-state index in [2.05, 4.69) is 68.8 Å². The van der Waals surface area contributed by atoms with Crippen molar-refractivity contribution >= 4 is 28.8 Å². The van der Waals surface area contributed by atoms with Crippen LogP contribution in [0.15, 0.2) is 48.7 Å². The Labute approximate surface area is 164 Å². The van der Waals surface area contributed by atoms with E-state index in [1.54, 1.807) is 6.20 Å². The first-order chi connectivity index (χ1) is 13.7. The van der Waals surface area contributed by atoms with Crippen molar-refractivity contribution < 1.29 is 4.74 Å². The van der Waals surface area contributed by atoms with E-state index in [0.29, 0.717) is 11.8 Å². The van der Waals surface area contributed by atoms with E-state index in [9.17, 15) is 0 Å². The number of nitrogens with zero attached hydrogens (tertiary/aromatic N) is 4. The second-order valence-electron chi connectivity index (χ2n) is 6.85. The van der Waals surface area contributed by atoms with E-state index < -0.39 is 0 Å². The third-order valence-electron chi connectivity index (χ3n) is 4.72. The van der Waals surface area contributed by atoms with Crippen LogP contribution in [0.5, 0.6) is 0 Å². The highest BCUT2D eigenvalue weighted by molar-refractivity contribution is 5.74. The zero-order chi connectivity index (χ0) is 19.3. The Balaban J connectivity index is 1.55. The summed E-state index contributed by atoms with van der Waals surface area (Å²) in [6.07, 6.45) is 1.63. The molecule has 1 fully saturated rings. The number of anilines is 5. The molecule has 0 saturated carbocycles. The molecule has 4 rings (SSSR count). The van der Waals surface area contributed by atoms with E-state index in [1.165, 1.54) is 5.56 Å². The number of aryl methyl sites for hydroxylation is 2. The highest BCUT2D eigenvalue weighted by Crippen LogP contribution is 2.29. The highest BCUT2D eigenvalue weighted by Gasteiger charge is 2.15. The number of para-hydroxylation sites is 2. The molecule has 1 aliphatic rings. The summed E-state index contributed by atoms with van der Waals surface area (Å²) in [5, 5.41) is 14.9. The first kappa shape index (κ1) is 18.2. The molecule has 2 N–H and O–H groups in total. The maximum absolute atomic E-state index is 5.47. The topological polar surface area (TPSA) is 75.2 Å². The fourth-order valence-electron chi connectivity index (χ4n) is 3.21. The predicted octanol–water partition coefficient (Wildman–Crippen LogP) is 3.81. The van der Waals surface area contributed by atoms with Crippen molar-refractivity contribution in [1.82, 2.24) is 15.2 Å². The third kappa shape index (κ3) is 4.20. The zero-order valence-corrected chi connectivity index (χ0v) is 16.1. The van der Waals surface area contributed by atoms with Crippen LogP contribution in [0, 0.1) is 13.8 Å². The van der Waals surface area contributed by atoms with Crippen LogP contribution in [-0.2, 0) is 4.74 Å². The van der Waals surface area contributed by atoms with Crippen LogP contribution in [0.4, 0.5) is 28.8 Å². The van der Waals surface area contributed by atoms with Crippen LogP contribution in [-0.4, -0.2) is 41.5 Å². The number of aromatic nitrogens is 3. The van der Waals surface area contributed by atoms with Crippen molar-refractivity contribution in [2.24, 2.45) is 0 Å². The maximum atomic E-state index is 5.47. The van der Waals surface area contributed by atoms with Crippen LogP contribution in [0.25, 0.3) is 0 Å². The summed E-state index contributed by atoms with van der Waals surface area (Å²) in [4.78, 5) is 6.90. The van der Waals surface area contributed by atoms with Gasteiger partial charge >= 0.3 is 0 Å². The van der Waals surface area contributed by atoms with Gasteiger partial charge in [-0.3, -0.25) is 0 Å². The van der Waals surface area contributed by atoms with Crippen LogP contribution < -0.4 is 15.5 Å². The number of hydrogen-bond donors (Lipinski definition) is 2. The van der Waals surface area contributed by atoms with E-state index >= 15 is 0 Å². The summed E-state index contributed by atoms with van der Waals surface area (Å²) in [5.41, 5.74) is 5.41. The third-order valence-corrected chi connectivity index (χ3v) is 4.72. The molecule has 0 aliphatic carbocycles. The molecule has 0 spiro atoms. The van der Waals surface area contributed by atoms with E-state index in [-0.39, 0.29) is 0 Å². The Bertz CT molecular complexity index is 955. The average Bonchev–Trinajstić information content (AvgIpc) is 2.72. The van der Waals surface area contributed by atoms with Crippen molar-refractivity contribution in [3.63, 3.8) is 0 Å². The number of nitrogens with one attached hydrogen (secondary N) is 2. The fraction of sp³-hybridized carbons (Fsp3) is 0.286. The molecule has 7 nitrogen and oxygen atoms in total. The number of hydrogen-bond acceptors (Lipinski definition) is 7. The monoisotopic (exact) mass is 376 g/mol. The van der Waals surface area contributed by atoms with Crippen molar-refractivity contribution in [2.75, 3.05) is 41.8 Å². The summed E-state index contributed by atoms with van der Waals surface area (Å²) < 4.78 is 5.47. The van der Waals surface area contributed by atoms with Crippen LogP contribution in [0.2, 0.25) is 0 Å². The predicted molar refractivity (Wildman–Crippen MR) is 112 cm³/mol. The van der Waals surface area contributed by atoms with Gasteiger partial charge in [0.25, 0.3) is 0 Å². The van der Waals surface area contributed by atoms with Gasteiger partial charge in [0, 0.05) is 18.8 Å². The molecule has 1 aliphatic heterocycles. The van der Waals surface area contributed by atoms with Gasteiger partial charge in [-0.1, -0.05) is 24.3 Å². The van der Waals surface area contributed by atoms with Gasteiger partial charge in [-0.2, -0.15) is 10.1 Å². The first-order valence-electron chi connectivity index (χ1n) is 9.42. The number of morpholine rings is 1. The van der Waals surface area contributed by atoms with Crippen LogP contribution in [0.1, 0.15) is 11.1 Å². The van der Waals surface area contributed by atoms with Gasteiger partial charge in [-0.05, 0) is 43.2 Å². The molecule has 0 radical (unpaired) electrons. The normalized spacial score (nSPS) is 14.0. The Morgan fingerprint density at radius 2 is 1.79 bits per heavy atom. The molecule has 28 heavy (non-hydrogen) atoms.